The lowest BCUT2D eigenvalue weighted by molar-refractivity contribution is -0.230. The van der Waals surface area contributed by atoms with Crippen LogP contribution in [-0.4, -0.2) is 24.2 Å². The summed E-state index contributed by atoms with van der Waals surface area (Å²) < 4.78 is 10.9. The number of para-hydroxylation sites is 1. The molecule has 6 heteroatoms. The highest BCUT2D eigenvalue weighted by Gasteiger charge is 2.43. The molecule has 2 aliphatic heterocycles. The van der Waals surface area contributed by atoms with Crippen molar-refractivity contribution in [3.63, 3.8) is 0 Å². The van der Waals surface area contributed by atoms with Crippen LogP contribution in [0.25, 0.3) is 0 Å². The lowest BCUT2D eigenvalue weighted by Gasteiger charge is -2.43. The number of nitrogens with one attached hydrogen (secondary N) is 1. The van der Waals surface area contributed by atoms with E-state index in [0.717, 1.165) is 19.4 Å². The van der Waals surface area contributed by atoms with Crippen LogP contribution < -0.4 is 14.6 Å². The van der Waals surface area contributed by atoms with Gasteiger partial charge in [-0.3, -0.25) is 0 Å². The number of nitrogens with zero attached hydrogens (tertiary/aromatic N) is 1. The number of fused-ring (bicyclic) bond motifs is 1. The quantitative estimate of drug-likeness (QED) is 0.824. The molecule has 0 amide bonds. The van der Waals surface area contributed by atoms with Crippen molar-refractivity contribution in [1.82, 2.24) is 10.2 Å². The number of hydrogen-bond acceptors (Lipinski definition) is 5. The summed E-state index contributed by atoms with van der Waals surface area (Å²) >= 11 is 0. The Morgan fingerprint density at radius 2 is 2.17 bits per heavy atom. The van der Waals surface area contributed by atoms with Gasteiger partial charge in [0.25, 0.3) is 0 Å². The molecular weight excluding hydrogens is 251 g/mol. The first-order valence-electron chi connectivity index (χ1n) is 6.29. The van der Waals surface area contributed by atoms with Gasteiger partial charge in [0.15, 0.2) is 5.75 Å². The van der Waals surface area contributed by atoms with Gasteiger partial charge in [0.05, 0.1) is 6.04 Å². The third kappa shape index (κ3) is 2.66. The van der Waals surface area contributed by atoms with Crippen LogP contribution in [0.3, 0.4) is 0 Å². The van der Waals surface area contributed by atoms with Crippen molar-refractivity contribution in [3.8, 4) is 5.75 Å². The number of rotatable bonds is 2. The van der Waals surface area contributed by atoms with Gasteiger partial charge in [0, 0.05) is 6.54 Å². The first-order chi connectivity index (χ1) is 8.75. The highest BCUT2D eigenvalue weighted by Crippen LogP contribution is 2.51. The van der Waals surface area contributed by atoms with E-state index in [0.29, 0.717) is 18.4 Å². The molecule has 2 aliphatic rings. The monoisotopic (exact) mass is 268 g/mol. The summed E-state index contributed by atoms with van der Waals surface area (Å²) in [5, 5.41) is 4.94. The van der Waals surface area contributed by atoms with Crippen LogP contribution in [0.4, 0.5) is 0 Å². The third-order valence-corrected chi connectivity index (χ3v) is 4.73. The smallest absolute Gasteiger partial charge is 0.376 e. The van der Waals surface area contributed by atoms with Gasteiger partial charge in [-0.2, -0.15) is 4.52 Å². The summed E-state index contributed by atoms with van der Waals surface area (Å²) in [6.45, 7) is 1.37. The zero-order valence-electron chi connectivity index (χ0n) is 10.1. The van der Waals surface area contributed by atoms with Crippen LogP contribution in [0.15, 0.2) is 30.3 Å². The molecule has 0 saturated carbocycles. The number of hydrazine groups is 1. The largest absolute Gasteiger partial charge is 0.608 e. The molecule has 0 spiro atoms. The third-order valence-electron chi connectivity index (χ3n) is 3.28. The fourth-order valence-corrected chi connectivity index (χ4v) is 3.84. The molecule has 0 bridgehead atoms. The lowest BCUT2D eigenvalue weighted by Crippen LogP contribution is -2.57. The fraction of sp³-hybridized carbons (Fsp3) is 0.500. The van der Waals surface area contributed by atoms with Gasteiger partial charge in [0.2, 0.25) is 0 Å². The molecular formula is C12H17N2O3P. The molecule has 2 atom stereocenters. The summed E-state index contributed by atoms with van der Waals surface area (Å²) in [4.78, 5) is 12.5. The minimum absolute atomic E-state index is 0.320. The second kappa shape index (κ2) is 5.11. The van der Waals surface area contributed by atoms with E-state index in [1.54, 1.807) is 12.1 Å². The van der Waals surface area contributed by atoms with Gasteiger partial charge in [-0.25, -0.2) is 5.01 Å². The van der Waals surface area contributed by atoms with Crippen LogP contribution in [0.2, 0.25) is 0 Å². The van der Waals surface area contributed by atoms with Gasteiger partial charge in [-0.15, -0.1) is 0 Å². The van der Waals surface area contributed by atoms with Crippen LogP contribution in [0.1, 0.15) is 19.3 Å². The maximum Gasteiger partial charge on any atom is 0.376 e. The summed E-state index contributed by atoms with van der Waals surface area (Å²) in [5.74, 6) is 0.559. The molecule has 2 saturated heterocycles. The van der Waals surface area contributed by atoms with E-state index in [1.165, 1.54) is 6.42 Å². The molecule has 0 aromatic heterocycles. The molecule has 2 heterocycles. The predicted octanol–water partition coefficient (Wildman–Crippen LogP) is 1.49. The first-order valence-corrected chi connectivity index (χ1v) is 7.83. The zero-order chi connectivity index (χ0) is 12.4. The van der Waals surface area contributed by atoms with E-state index >= 15 is 0 Å². The molecule has 0 aliphatic carbocycles. The molecule has 1 N–H and O–H groups in total. The Hall–Kier alpha value is -0.710. The summed E-state index contributed by atoms with van der Waals surface area (Å²) in [7, 11) is -3.25. The molecule has 0 radical (unpaired) electrons. The maximum atomic E-state index is 12.5. The molecule has 3 rings (SSSR count). The highest BCUT2D eigenvalue weighted by atomic mass is 31.2. The zero-order valence-corrected chi connectivity index (χ0v) is 11.0. The van der Waals surface area contributed by atoms with Crippen molar-refractivity contribution in [1.29, 1.82) is 0 Å². The molecule has 5 nitrogen and oxygen atoms in total. The van der Waals surface area contributed by atoms with Crippen molar-refractivity contribution in [2.24, 2.45) is 0 Å². The topological polar surface area (TPSA) is 56.8 Å². The first kappa shape index (κ1) is 12.3. The number of benzene rings is 1. The minimum atomic E-state index is -3.25. The van der Waals surface area contributed by atoms with Crippen LogP contribution in [0, 0.1) is 0 Å². The van der Waals surface area contributed by atoms with Gasteiger partial charge in [-0.1, -0.05) is 29.8 Å². The number of hydrogen-bond donors (Lipinski definition) is 1. The molecule has 1 aromatic carbocycles. The van der Waals surface area contributed by atoms with Crippen molar-refractivity contribution in [3.05, 3.63) is 30.3 Å². The Morgan fingerprint density at radius 3 is 3.00 bits per heavy atom. The van der Waals surface area contributed by atoms with Crippen LogP contribution >= 0.6 is 8.09 Å². The van der Waals surface area contributed by atoms with Crippen LogP contribution in [0.5, 0.6) is 5.75 Å². The van der Waals surface area contributed by atoms with E-state index < -0.39 is 8.09 Å². The number of piperidine rings is 1. The molecule has 18 heavy (non-hydrogen) atoms. The maximum absolute atomic E-state index is 12.5. The second-order valence-electron chi connectivity index (χ2n) is 4.64. The van der Waals surface area contributed by atoms with E-state index in [2.05, 4.69) is 5.20 Å². The fourth-order valence-electron chi connectivity index (χ4n) is 2.34. The molecule has 2 fully saturated rings. The van der Waals surface area contributed by atoms with E-state index in [4.69, 9.17) is 9.05 Å². The average molecular weight is 268 g/mol. The van der Waals surface area contributed by atoms with E-state index in [9.17, 15) is 4.89 Å². The Kier molecular flexibility index (Phi) is 3.50. The molecule has 1 unspecified atom stereocenters. The molecule has 98 valence electrons. The van der Waals surface area contributed by atoms with Gasteiger partial charge in [0.1, 0.15) is 6.61 Å². The van der Waals surface area contributed by atoms with E-state index in [-0.39, 0.29) is 0 Å². The Balaban J connectivity index is 1.68. The van der Waals surface area contributed by atoms with Gasteiger partial charge in [-0.05, 0) is 25.0 Å². The van der Waals surface area contributed by atoms with Crippen molar-refractivity contribution in [2.45, 2.75) is 25.3 Å². The second-order valence-corrected chi connectivity index (χ2v) is 6.28. The van der Waals surface area contributed by atoms with E-state index in [1.807, 2.05) is 23.2 Å². The van der Waals surface area contributed by atoms with Gasteiger partial charge < -0.3 is 9.42 Å². The Morgan fingerprint density at radius 1 is 1.33 bits per heavy atom. The van der Waals surface area contributed by atoms with Crippen molar-refractivity contribution < 1.29 is 13.9 Å². The minimum Gasteiger partial charge on any atom is -0.608 e. The SMILES string of the molecule is [O-][P+]1(Oc2ccccc2)NN2CCCC[C@@H]2CO1. The van der Waals surface area contributed by atoms with Crippen molar-refractivity contribution in [2.75, 3.05) is 13.2 Å². The summed E-state index contributed by atoms with van der Waals surface area (Å²) in [6.07, 6.45) is 3.41. The van der Waals surface area contributed by atoms with Crippen molar-refractivity contribution >= 4 is 8.09 Å². The standard InChI is InChI=1S/C12H17N2O3P/c15-18(17-12-7-2-1-3-8-12)13-14-9-5-4-6-11(14)10-16-18/h1-3,7-8,11H,4-6,9-10H2,(H,13,15)/t11-,18?/m1/s1. The highest BCUT2D eigenvalue weighted by molar-refractivity contribution is 7.57. The lowest BCUT2D eigenvalue weighted by atomic mass is 10.1. The Bertz CT molecular complexity index is 406. The summed E-state index contributed by atoms with van der Waals surface area (Å²) in [5.41, 5.74) is 0. The van der Waals surface area contributed by atoms with Crippen LogP contribution in [-0.2, 0) is 4.52 Å². The normalized spacial score (nSPS) is 32.8. The average Bonchev–Trinajstić information content (AvgIpc) is 2.39. The Labute approximate surface area is 107 Å². The van der Waals surface area contributed by atoms with Gasteiger partial charge >= 0.3 is 8.09 Å². The summed E-state index contributed by atoms with van der Waals surface area (Å²) in [6, 6.07) is 9.43. The molecule has 1 aromatic rings. The predicted molar refractivity (Wildman–Crippen MR) is 67.4 cm³/mol.